The van der Waals surface area contributed by atoms with Crippen molar-refractivity contribution in [3.05, 3.63) is 71.5 Å². The van der Waals surface area contributed by atoms with Gasteiger partial charge in [-0.1, -0.05) is 44.2 Å². The standard InChI is InChI=1S/C21H23N5O2/c1-13(2)15-8-10-16(11-9-15)28-21-18(22)19(23-12-24-21)25-26-20(27)17-7-5-4-6-14(17)3/h4-13H,22H2,1-3H3,(H,26,27)(H,23,24,25). The van der Waals surface area contributed by atoms with E-state index in [1.54, 1.807) is 12.1 Å². The van der Waals surface area contributed by atoms with Crippen molar-refractivity contribution in [2.24, 2.45) is 0 Å². The lowest BCUT2D eigenvalue weighted by atomic mass is 10.0. The number of nitrogen functional groups attached to an aromatic ring is 1. The van der Waals surface area contributed by atoms with Crippen LogP contribution in [0.5, 0.6) is 11.6 Å². The van der Waals surface area contributed by atoms with Gasteiger partial charge in [0.05, 0.1) is 0 Å². The predicted octanol–water partition coefficient (Wildman–Crippen LogP) is 4.04. The van der Waals surface area contributed by atoms with Gasteiger partial charge in [-0.05, 0) is 42.2 Å². The van der Waals surface area contributed by atoms with Gasteiger partial charge in [0.1, 0.15) is 17.8 Å². The molecule has 2 aromatic carbocycles. The van der Waals surface area contributed by atoms with E-state index in [9.17, 15) is 4.79 Å². The zero-order valence-electron chi connectivity index (χ0n) is 16.1. The van der Waals surface area contributed by atoms with Gasteiger partial charge in [-0.15, -0.1) is 0 Å². The second-order valence-electron chi connectivity index (χ2n) is 6.66. The molecule has 0 bridgehead atoms. The van der Waals surface area contributed by atoms with Crippen LogP contribution in [-0.4, -0.2) is 15.9 Å². The van der Waals surface area contributed by atoms with E-state index in [0.717, 1.165) is 5.56 Å². The van der Waals surface area contributed by atoms with E-state index in [1.165, 1.54) is 11.9 Å². The largest absolute Gasteiger partial charge is 0.437 e. The van der Waals surface area contributed by atoms with Gasteiger partial charge in [0.2, 0.25) is 5.88 Å². The Hall–Kier alpha value is -3.61. The van der Waals surface area contributed by atoms with E-state index in [-0.39, 0.29) is 23.3 Å². The topological polar surface area (TPSA) is 102 Å². The van der Waals surface area contributed by atoms with Crippen molar-refractivity contribution in [1.29, 1.82) is 0 Å². The van der Waals surface area contributed by atoms with E-state index in [4.69, 9.17) is 10.5 Å². The lowest BCUT2D eigenvalue weighted by Gasteiger charge is -2.13. The summed E-state index contributed by atoms with van der Waals surface area (Å²) in [5.74, 6) is 1.23. The van der Waals surface area contributed by atoms with E-state index in [1.807, 2.05) is 43.3 Å². The molecule has 1 heterocycles. The molecule has 7 nitrogen and oxygen atoms in total. The number of carbonyl (C=O) groups excluding carboxylic acids is 1. The van der Waals surface area contributed by atoms with Gasteiger partial charge in [-0.2, -0.15) is 4.98 Å². The van der Waals surface area contributed by atoms with Gasteiger partial charge in [0, 0.05) is 5.56 Å². The van der Waals surface area contributed by atoms with Gasteiger partial charge in [-0.3, -0.25) is 15.6 Å². The van der Waals surface area contributed by atoms with Crippen molar-refractivity contribution in [1.82, 2.24) is 15.4 Å². The van der Waals surface area contributed by atoms with Crippen LogP contribution in [0.4, 0.5) is 11.5 Å². The molecule has 3 aromatic rings. The van der Waals surface area contributed by atoms with Crippen LogP contribution >= 0.6 is 0 Å². The van der Waals surface area contributed by atoms with E-state index < -0.39 is 0 Å². The molecule has 0 radical (unpaired) electrons. The van der Waals surface area contributed by atoms with Crippen molar-refractivity contribution < 1.29 is 9.53 Å². The Morgan fingerprint density at radius 1 is 1.07 bits per heavy atom. The maximum absolute atomic E-state index is 12.3. The normalized spacial score (nSPS) is 10.6. The molecule has 3 rings (SSSR count). The molecule has 0 unspecified atom stereocenters. The van der Waals surface area contributed by atoms with Gasteiger partial charge >= 0.3 is 0 Å². The number of aromatic nitrogens is 2. The Balaban J connectivity index is 1.70. The molecule has 7 heteroatoms. The first kappa shape index (κ1) is 19.2. The smallest absolute Gasteiger partial charge is 0.269 e. The fraction of sp³-hybridized carbons (Fsp3) is 0.190. The number of amides is 1. The van der Waals surface area contributed by atoms with Crippen molar-refractivity contribution >= 4 is 17.4 Å². The summed E-state index contributed by atoms with van der Waals surface area (Å²) in [5, 5.41) is 0. The summed E-state index contributed by atoms with van der Waals surface area (Å²) >= 11 is 0. The number of anilines is 2. The Bertz CT molecular complexity index is 971. The second-order valence-corrected chi connectivity index (χ2v) is 6.66. The molecule has 0 saturated heterocycles. The number of hydrogen-bond donors (Lipinski definition) is 3. The van der Waals surface area contributed by atoms with Gasteiger partial charge in [0.25, 0.3) is 5.91 Å². The molecule has 0 fully saturated rings. The molecule has 0 atom stereocenters. The summed E-state index contributed by atoms with van der Waals surface area (Å²) in [6.07, 6.45) is 1.32. The molecule has 1 amide bonds. The number of rotatable bonds is 6. The minimum absolute atomic E-state index is 0.195. The summed E-state index contributed by atoms with van der Waals surface area (Å²) in [5.41, 5.74) is 14.3. The van der Waals surface area contributed by atoms with Crippen LogP contribution < -0.4 is 21.3 Å². The maximum Gasteiger partial charge on any atom is 0.269 e. The Morgan fingerprint density at radius 2 is 1.79 bits per heavy atom. The van der Waals surface area contributed by atoms with Crippen molar-refractivity contribution in [2.45, 2.75) is 26.7 Å². The Morgan fingerprint density at radius 3 is 2.46 bits per heavy atom. The molecule has 0 aliphatic heterocycles. The number of hydrazine groups is 1. The molecular weight excluding hydrogens is 354 g/mol. The predicted molar refractivity (Wildman–Crippen MR) is 109 cm³/mol. The number of benzene rings is 2. The maximum atomic E-state index is 12.3. The zero-order valence-corrected chi connectivity index (χ0v) is 16.1. The number of nitrogens with two attached hydrogens (primary N) is 1. The average Bonchev–Trinajstić information content (AvgIpc) is 2.69. The minimum atomic E-state index is -0.289. The van der Waals surface area contributed by atoms with Gasteiger partial charge in [-0.25, -0.2) is 4.98 Å². The average molecular weight is 377 g/mol. The number of nitrogens with one attached hydrogen (secondary N) is 2. The van der Waals surface area contributed by atoms with Crippen LogP contribution in [-0.2, 0) is 0 Å². The molecule has 0 aliphatic rings. The van der Waals surface area contributed by atoms with E-state index in [0.29, 0.717) is 17.2 Å². The third-order valence-electron chi connectivity index (χ3n) is 4.29. The number of nitrogens with zero attached hydrogens (tertiary/aromatic N) is 2. The van der Waals surface area contributed by atoms with E-state index in [2.05, 4.69) is 34.7 Å². The summed E-state index contributed by atoms with van der Waals surface area (Å²) in [6.45, 7) is 6.12. The first-order valence-electron chi connectivity index (χ1n) is 8.96. The molecular formula is C21H23N5O2. The highest BCUT2D eigenvalue weighted by atomic mass is 16.5. The zero-order chi connectivity index (χ0) is 20.1. The highest BCUT2D eigenvalue weighted by molar-refractivity contribution is 5.96. The van der Waals surface area contributed by atoms with Crippen molar-refractivity contribution in [3.8, 4) is 11.6 Å². The summed E-state index contributed by atoms with van der Waals surface area (Å²) in [4.78, 5) is 20.5. The SMILES string of the molecule is Cc1ccccc1C(=O)NNc1ncnc(Oc2ccc(C(C)C)cc2)c1N. The van der Waals surface area contributed by atoms with Crippen LogP contribution in [0.15, 0.2) is 54.9 Å². The summed E-state index contributed by atoms with van der Waals surface area (Å²) in [7, 11) is 0. The van der Waals surface area contributed by atoms with Crippen LogP contribution in [0, 0.1) is 6.92 Å². The number of carbonyl (C=O) groups is 1. The van der Waals surface area contributed by atoms with Crippen molar-refractivity contribution in [2.75, 3.05) is 11.2 Å². The van der Waals surface area contributed by atoms with Crippen LogP contribution in [0.1, 0.15) is 41.3 Å². The van der Waals surface area contributed by atoms with Crippen LogP contribution in [0.3, 0.4) is 0 Å². The second kappa shape index (κ2) is 8.39. The highest BCUT2D eigenvalue weighted by Gasteiger charge is 2.13. The number of ether oxygens (including phenoxy) is 1. The first-order chi connectivity index (χ1) is 13.5. The van der Waals surface area contributed by atoms with Crippen LogP contribution in [0.2, 0.25) is 0 Å². The lowest BCUT2D eigenvalue weighted by molar-refractivity contribution is 0.0962. The monoisotopic (exact) mass is 377 g/mol. The Kier molecular flexibility index (Phi) is 5.74. The van der Waals surface area contributed by atoms with Crippen molar-refractivity contribution in [3.63, 3.8) is 0 Å². The molecule has 144 valence electrons. The lowest BCUT2D eigenvalue weighted by Crippen LogP contribution is -2.30. The van der Waals surface area contributed by atoms with Gasteiger partial charge in [0.15, 0.2) is 5.82 Å². The Labute approximate surface area is 163 Å². The molecule has 4 N–H and O–H groups in total. The quantitative estimate of drug-likeness (QED) is 0.560. The highest BCUT2D eigenvalue weighted by Crippen LogP contribution is 2.29. The summed E-state index contributed by atoms with van der Waals surface area (Å²) < 4.78 is 5.77. The molecule has 28 heavy (non-hydrogen) atoms. The third kappa shape index (κ3) is 4.37. The fourth-order valence-corrected chi connectivity index (χ4v) is 2.60. The third-order valence-corrected chi connectivity index (χ3v) is 4.29. The summed E-state index contributed by atoms with van der Waals surface area (Å²) in [6, 6.07) is 15.0. The minimum Gasteiger partial charge on any atom is -0.437 e. The molecule has 0 aliphatic carbocycles. The molecule has 0 spiro atoms. The number of hydrogen-bond acceptors (Lipinski definition) is 6. The fourth-order valence-electron chi connectivity index (χ4n) is 2.60. The van der Waals surface area contributed by atoms with E-state index >= 15 is 0 Å². The molecule has 0 saturated carbocycles. The van der Waals surface area contributed by atoms with Crippen LogP contribution in [0.25, 0.3) is 0 Å². The first-order valence-corrected chi connectivity index (χ1v) is 8.96. The van der Waals surface area contributed by atoms with Gasteiger partial charge < -0.3 is 10.5 Å². The number of aryl methyl sites for hydroxylation is 1. The molecule has 1 aromatic heterocycles.